The number of rotatable bonds is 5. The number of ether oxygens (including phenoxy) is 2. The minimum Gasteiger partial charge on any atom is -0.494 e. The van der Waals surface area contributed by atoms with Gasteiger partial charge in [0.25, 0.3) is 0 Å². The van der Waals surface area contributed by atoms with E-state index in [0.29, 0.717) is 18.1 Å². The number of esters is 1. The lowest BCUT2D eigenvalue weighted by Gasteiger charge is -2.30. The third-order valence-electron chi connectivity index (χ3n) is 4.88. The van der Waals surface area contributed by atoms with Crippen LogP contribution in [0.2, 0.25) is 0 Å². The van der Waals surface area contributed by atoms with Gasteiger partial charge in [-0.05, 0) is 43.2 Å². The Balaban J connectivity index is 1.92. The number of hydrogen-bond donors (Lipinski definition) is 1. The fraction of sp³-hybridized carbons (Fsp3) is 0.273. The van der Waals surface area contributed by atoms with Crippen LogP contribution in [0.4, 0.5) is 5.95 Å². The molecule has 0 amide bonds. The molecule has 0 unspecified atom stereocenters. The number of imidazole rings is 1. The normalized spacial score (nSPS) is 15.9. The number of fused-ring (bicyclic) bond motifs is 3. The first-order valence-corrected chi connectivity index (χ1v) is 9.40. The van der Waals surface area contributed by atoms with Crippen molar-refractivity contribution in [2.24, 2.45) is 0 Å². The molecule has 1 aliphatic heterocycles. The Morgan fingerprint density at radius 3 is 2.82 bits per heavy atom. The highest BCUT2D eigenvalue weighted by Gasteiger charge is 2.34. The van der Waals surface area contributed by atoms with Crippen molar-refractivity contribution >= 4 is 23.0 Å². The predicted molar refractivity (Wildman–Crippen MR) is 108 cm³/mol. The molecule has 1 N–H and O–H groups in total. The van der Waals surface area contributed by atoms with Gasteiger partial charge in [-0.1, -0.05) is 31.2 Å². The van der Waals surface area contributed by atoms with Gasteiger partial charge >= 0.3 is 5.97 Å². The average molecular weight is 377 g/mol. The van der Waals surface area contributed by atoms with E-state index >= 15 is 0 Å². The van der Waals surface area contributed by atoms with Crippen LogP contribution in [-0.2, 0) is 9.53 Å². The van der Waals surface area contributed by atoms with Crippen molar-refractivity contribution in [1.82, 2.24) is 9.55 Å². The maximum Gasteiger partial charge on any atom is 0.337 e. The van der Waals surface area contributed by atoms with E-state index in [2.05, 4.69) is 12.2 Å². The van der Waals surface area contributed by atoms with E-state index in [-0.39, 0.29) is 12.0 Å². The van der Waals surface area contributed by atoms with Crippen LogP contribution in [0.5, 0.6) is 5.75 Å². The summed E-state index contributed by atoms with van der Waals surface area (Å²) < 4.78 is 13.0. The van der Waals surface area contributed by atoms with Crippen molar-refractivity contribution in [2.75, 3.05) is 19.0 Å². The predicted octanol–water partition coefficient (Wildman–Crippen LogP) is 4.29. The summed E-state index contributed by atoms with van der Waals surface area (Å²) in [4.78, 5) is 17.4. The van der Waals surface area contributed by atoms with Crippen molar-refractivity contribution in [1.29, 1.82) is 0 Å². The molecule has 1 atom stereocenters. The van der Waals surface area contributed by atoms with Gasteiger partial charge in [0.05, 0.1) is 36.4 Å². The first-order valence-electron chi connectivity index (χ1n) is 9.40. The summed E-state index contributed by atoms with van der Waals surface area (Å²) >= 11 is 0. The molecule has 0 saturated carbocycles. The van der Waals surface area contributed by atoms with Gasteiger partial charge < -0.3 is 14.8 Å². The number of anilines is 1. The summed E-state index contributed by atoms with van der Waals surface area (Å²) in [5.41, 5.74) is 4.06. The minimum absolute atomic E-state index is 0.360. The molecule has 1 aromatic heterocycles. The molecular formula is C22H23N3O3. The monoisotopic (exact) mass is 377 g/mol. The SMILES string of the molecule is CCCOc1cccc([C@@H]2C(C(=O)OC)=C(C)Nc3nc4ccccc4n32)c1. The fourth-order valence-electron chi connectivity index (χ4n) is 3.65. The lowest BCUT2D eigenvalue weighted by Crippen LogP contribution is -2.28. The van der Waals surface area contributed by atoms with E-state index in [9.17, 15) is 4.79 Å². The maximum atomic E-state index is 12.7. The Kier molecular flexibility index (Phi) is 4.77. The van der Waals surface area contributed by atoms with E-state index in [1.807, 2.05) is 60.0 Å². The molecular weight excluding hydrogens is 354 g/mol. The van der Waals surface area contributed by atoms with E-state index in [1.54, 1.807) is 0 Å². The summed E-state index contributed by atoms with van der Waals surface area (Å²) in [7, 11) is 1.40. The van der Waals surface area contributed by atoms with Crippen LogP contribution in [0.1, 0.15) is 31.9 Å². The number of nitrogens with one attached hydrogen (secondary N) is 1. The standard InChI is InChI=1S/C22H23N3O3/c1-4-12-28-16-9-7-8-15(13-16)20-19(21(26)27-3)14(2)23-22-24-17-10-5-6-11-18(17)25(20)22/h5-11,13,20H,4,12H2,1-3H3,(H,23,24)/t20-/m1/s1. The topological polar surface area (TPSA) is 65.4 Å². The third-order valence-corrected chi connectivity index (χ3v) is 4.88. The van der Waals surface area contributed by atoms with Crippen LogP contribution >= 0.6 is 0 Å². The molecule has 0 spiro atoms. The van der Waals surface area contributed by atoms with Crippen LogP contribution in [0.25, 0.3) is 11.0 Å². The van der Waals surface area contributed by atoms with Gasteiger partial charge in [-0.2, -0.15) is 0 Å². The molecule has 6 heteroatoms. The number of nitrogens with zero attached hydrogens (tertiary/aromatic N) is 2. The Hall–Kier alpha value is -3.28. The second kappa shape index (κ2) is 7.38. The molecule has 0 radical (unpaired) electrons. The summed E-state index contributed by atoms with van der Waals surface area (Å²) in [5, 5.41) is 3.26. The number of methoxy groups -OCH3 is 1. The highest BCUT2D eigenvalue weighted by atomic mass is 16.5. The molecule has 144 valence electrons. The van der Waals surface area contributed by atoms with Crippen LogP contribution in [0.15, 0.2) is 59.8 Å². The Labute approximate surface area is 163 Å². The molecule has 0 bridgehead atoms. The summed E-state index contributed by atoms with van der Waals surface area (Å²) in [6.07, 6.45) is 0.931. The van der Waals surface area contributed by atoms with Crippen molar-refractivity contribution < 1.29 is 14.3 Å². The fourth-order valence-corrected chi connectivity index (χ4v) is 3.65. The Bertz CT molecular complexity index is 1070. The van der Waals surface area contributed by atoms with E-state index in [0.717, 1.165) is 34.5 Å². The number of para-hydroxylation sites is 2. The molecule has 0 saturated heterocycles. The third kappa shape index (κ3) is 3.01. The van der Waals surface area contributed by atoms with Crippen molar-refractivity contribution in [3.8, 4) is 5.75 Å². The summed E-state index contributed by atoms with van der Waals surface area (Å²) in [6.45, 7) is 4.59. The molecule has 2 aromatic carbocycles. The van der Waals surface area contributed by atoms with Gasteiger partial charge in [0.15, 0.2) is 0 Å². The van der Waals surface area contributed by atoms with Gasteiger partial charge in [0, 0.05) is 5.70 Å². The number of hydrogen-bond acceptors (Lipinski definition) is 5. The second-order valence-corrected chi connectivity index (χ2v) is 6.77. The second-order valence-electron chi connectivity index (χ2n) is 6.77. The highest BCUT2D eigenvalue weighted by Crippen LogP contribution is 2.40. The maximum absolute atomic E-state index is 12.7. The van der Waals surface area contributed by atoms with Crippen molar-refractivity contribution in [2.45, 2.75) is 26.3 Å². The zero-order chi connectivity index (χ0) is 19.7. The molecule has 1 aliphatic rings. The van der Waals surface area contributed by atoms with Crippen LogP contribution in [0.3, 0.4) is 0 Å². The first-order chi connectivity index (χ1) is 13.6. The molecule has 3 aromatic rings. The van der Waals surface area contributed by atoms with Crippen molar-refractivity contribution in [3.63, 3.8) is 0 Å². The van der Waals surface area contributed by atoms with Crippen LogP contribution < -0.4 is 10.1 Å². The average Bonchev–Trinajstić information content (AvgIpc) is 3.08. The lowest BCUT2D eigenvalue weighted by atomic mass is 9.95. The van der Waals surface area contributed by atoms with Crippen LogP contribution in [-0.4, -0.2) is 29.2 Å². The number of aromatic nitrogens is 2. The Morgan fingerprint density at radius 1 is 1.21 bits per heavy atom. The molecule has 6 nitrogen and oxygen atoms in total. The minimum atomic E-state index is -0.363. The smallest absolute Gasteiger partial charge is 0.337 e. The molecule has 0 aliphatic carbocycles. The van der Waals surface area contributed by atoms with Gasteiger partial charge in [-0.15, -0.1) is 0 Å². The molecule has 0 fully saturated rings. The lowest BCUT2D eigenvalue weighted by molar-refractivity contribution is -0.136. The first kappa shape index (κ1) is 18.1. The van der Waals surface area contributed by atoms with Gasteiger partial charge in [0.1, 0.15) is 5.75 Å². The van der Waals surface area contributed by atoms with E-state index < -0.39 is 0 Å². The summed E-state index contributed by atoms with van der Waals surface area (Å²) in [6, 6.07) is 15.4. The van der Waals surface area contributed by atoms with Crippen LogP contribution in [0, 0.1) is 0 Å². The summed E-state index contributed by atoms with van der Waals surface area (Å²) in [5.74, 6) is 1.13. The highest BCUT2D eigenvalue weighted by molar-refractivity contribution is 5.94. The quantitative estimate of drug-likeness (QED) is 0.672. The van der Waals surface area contributed by atoms with Crippen molar-refractivity contribution in [3.05, 3.63) is 65.4 Å². The van der Waals surface area contributed by atoms with Gasteiger partial charge in [-0.3, -0.25) is 4.57 Å². The van der Waals surface area contributed by atoms with E-state index in [1.165, 1.54) is 7.11 Å². The van der Waals surface area contributed by atoms with E-state index in [4.69, 9.17) is 14.5 Å². The molecule has 2 heterocycles. The Morgan fingerprint density at radius 2 is 2.04 bits per heavy atom. The number of benzene rings is 2. The molecule has 4 rings (SSSR count). The number of carbonyl (C=O) groups excluding carboxylic acids is 1. The van der Waals surface area contributed by atoms with Gasteiger partial charge in [0.2, 0.25) is 5.95 Å². The van der Waals surface area contributed by atoms with Gasteiger partial charge in [-0.25, -0.2) is 9.78 Å². The zero-order valence-electron chi connectivity index (χ0n) is 16.2. The molecule has 28 heavy (non-hydrogen) atoms. The number of allylic oxidation sites excluding steroid dienone is 1. The zero-order valence-corrected chi connectivity index (χ0v) is 16.2. The largest absolute Gasteiger partial charge is 0.494 e. The number of carbonyl (C=O) groups is 1.